The van der Waals surface area contributed by atoms with Crippen LogP contribution in [0.4, 0.5) is 14.9 Å². The van der Waals surface area contributed by atoms with E-state index in [1.165, 1.54) is 6.07 Å². The summed E-state index contributed by atoms with van der Waals surface area (Å²) >= 11 is 0. The first-order valence-corrected chi connectivity index (χ1v) is 4.00. The SMILES string of the molecule is Cc1ccc(NC(=O)P)cc1F. The number of carbonyl (C=O) groups is 1. The molecule has 0 saturated carbocycles. The summed E-state index contributed by atoms with van der Waals surface area (Å²) in [6.45, 7) is 1.67. The largest absolute Gasteiger partial charge is 0.323 e. The quantitative estimate of drug-likeness (QED) is 0.669. The van der Waals surface area contributed by atoms with Gasteiger partial charge < -0.3 is 5.32 Å². The number of rotatable bonds is 1. The minimum absolute atomic E-state index is 0.279. The highest BCUT2D eigenvalue weighted by atomic mass is 31.0. The Kier molecular flexibility index (Phi) is 2.77. The first-order valence-electron chi connectivity index (χ1n) is 3.42. The van der Waals surface area contributed by atoms with Crippen LogP contribution in [0, 0.1) is 12.7 Å². The molecular formula is C8H9FNOP. The first-order chi connectivity index (χ1) is 5.59. The maximum absolute atomic E-state index is 12.9. The molecule has 1 aromatic carbocycles. The highest BCUT2D eigenvalue weighted by Gasteiger charge is 1.99. The predicted octanol–water partition coefficient (Wildman–Crippen LogP) is 2.54. The summed E-state index contributed by atoms with van der Waals surface area (Å²) in [4.78, 5) is 10.5. The smallest absolute Gasteiger partial charge is 0.239 e. The number of benzene rings is 1. The molecule has 1 N–H and O–H groups in total. The molecule has 0 fully saturated rings. The van der Waals surface area contributed by atoms with Gasteiger partial charge in [0, 0.05) is 5.69 Å². The number of anilines is 1. The van der Waals surface area contributed by atoms with Gasteiger partial charge in [0.05, 0.1) is 0 Å². The molecule has 1 rings (SSSR count). The maximum Gasteiger partial charge on any atom is 0.239 e. The Morgan fingerprint density at radius 3 is 2.75 bits per heavy atom. The van der Waals surface area contributed by atoms with Crippen LogP contribution >= 0.6 is 9.24 Å². The molecule has 12 heavy (non-hydrogen) atoms. The number of nitrogens with one attached hydrogen (secondary N) is 1. The number of halogens is 1. The maximum atomic E-state index is 12.9. The van der Waals surface area contributed by atoms with E-state index in [1.54, 1.807) is 19.1 Å². The number of aryl methyl sites for hydroxylation is 1. The van der Waals surface area contributed by atoms with Crippen LogP contribution < -0.4 is 5.32 Å². The van der Waals surface area contributed by atoms with Gasteiger partial charge in [0.25, 0.3) is 0 Å². The van der Waals surface area contributed by atoms with E-state index >= 15 is 0 Å². The lowest BCUT2D eigenvalue weighted by Gasteiger charge is -2.02. The zero-order valence-corrected chi connectivity index (χ0v) is 7.75. The summed E-state index contributed by atoms with van der Waals surface area (Å²) in [5.74, 6) is -0.314. The number of amides is 1. The van der Waals surface area contributed by atoms with Crippen molar-refractivity contribution in [2.75, 3.05) is 5.32 Å². The molecule has 1 unspecified atom stereocenters. The fourth-order valence-electron chi connectivity index (χ4n) is 0.813. The van der Waals surface area contributed by atoms with Crippen molar-refractivity contribution in [2.24, 2.45) is 0 Å². The van der Waals surface area contributed by atoms with Gasteiger partial charge in [-0.2, -0.15) is 0 Å². The fraction of sp³-hybridized carbons (Fsp3) is 0.125. The number of carbonyl (C=O) groups excluding carboxylic acids is 1. The van der Waals surface area contributed by atoms with Crippen LogP contribution in [0.25, 0.3) is 0 Å². The fourth-order valence-corrected chi connectivity index (χ4v) is 0.980. The molecule has 1 amide bonds. The summed E-state index contributed by atoms with van der Waals surface area (Å²) in [7, 11) is 1.96. The molecular weight excluding hydrogens is 176 g/mol. The Labute approximate surface area is 72.4 Å². The van der Waals surface area contributed by atoms with Gasteiger partial charge in [-0.3, -0.25) is 4.79 Å². The van der Waals surface area contributed by atoms with E-state index < -0.39 is 0 Å². The van der Waals surface area contributed by atoms with Crippen LogP contribution in [0.5, 0.6) is 0 Å². The van der Waals surface area contributed by atoms with E-state index in [1.807, 2.05) is 9.24 Å². The standard InChI is InChI=1S/C8H9FNOP/c1-5-2-3-6(4-7(5)9)10-8(11)12/h2-4H,12H2,1H3,(H,10,11). The number of hydrogen-bond acceptors (Lipinski definition) is 1. The van der Waals surface area contributed by atoms with Crippen molar-refractivity contribution < 1.29 is 9.18 Å². The lowest BCUT2D eigenvalue weighted by atomic mass is 10.2. The van der Waals surface area contributed by atoms with E-state index in [9.17, 15) is 9.18 Å². The van der Waals surface area contributed by atoms with Gasteiger partial charge in [0.2, 0.25) is 5.65 Å². The van der Waals surface area contributed by atoms with Crippen LogP contribution in [0.15, 0.2) is 18.2 Å². The van der Waals surface area contributed by atoms with Gasteiger partial charge in [-0.25, -0.2) is 4.39 Å². The zero-order chi connectivity index (χ0) is 9.14. The van der Waals surface area contributed by atoms with E-state index in [2.05, 4.69) is 5.32 Å². The molecule has 0 aromatic heterocycles. The van der Waals surface area contributed by atoms with Crippen LogP contribution in [-0.2, 0) is 0 Å². The Morgan fingerprint density at radius 2 is 2.25 bits per heavy atom. The topological polar surface area (TPSA) is 29.1 Å². The van der Waals surface area contributed by atoms with Crippen molar-refractivity contribution in [3.63, 3.8) is 0 Å². The molecule has 64 valence electrons. The van der Waals surface area contributed by atoms with E-state index in [-0.39, 0.29) is 11.5 Å². The molecule has 0 aliphatic rings. The average Bonchev–Trinajstić information content (AvgIpc) is 1.96. The second-order valence-electron chi connectivity index (χ2n) is 2.45. The molecule has 0 radical (unpaired) electrons. The highest BCUT2D eigenvalue weighted by molar-refractivity contribution is 7.40. The van der Waals surface area contributed by atoms with Gasteiger partial charge >= 0.3 is 0 Å². The van der Waals surface area contributed by atoms with Gasteiger partial charge in [-0.05, 0) is 33.9 Å². The van der Waals surface area contributed by atoms with E-state index in [0.29, 0.717) is 11.3 Å². The number of hydrogen-bond donors (Lipinski definition) is 1. The van der Waals surface area contributed by atoms with Crippen molar-refractivity contribution in [1.29, 1.82) is 0 Å². The van der Waals surface area contributed by atoms with Gasteiger partial charge in [0.1, 0.15) is 5.82 Å². The van der Waals surface area contributed by atoms with Gasteiger partial charge in [0.15, 0.2) is 0 Å². The zero-order valence-electron chi connectivity index (χ0n) is 6.60. The second kappa shape index (κ2) is 3.63. The monoisotopic (exact) mass is 185 g/mol. The molecule has 0 aliphatic carbocycles. The molecule has 1 atom stereocenters. The third kappa shape index (κ3) is 2.28. The summed E-state index contributed by atoms with van der Waals surface area (Å²) in [5, 5.41) is 2.46. The van der Waals surface area contributed by atoms with E-state index in [4.69, 9.17) is 0 Å². The summed E-state index contributed by atoms with van der Waals surface area (Å²) in [6.07, 6.45) is 0. The van der Waals surface area contributed by atoms with Crippen molar-refractivity contribution >= 4 is 20.6 Å². The molecule has 0 heterocycles. The Morgan fingerprint density at radius 1 is 1.58 bits per heavy atom. The van der Waals surface area contributed by atoms with Crippen LogP contribution in [0.2, 0.25) is 0 Å². The predicted molar refractivity (Wildman–Crippen MR) is 49.9 cm³/mol. The van der Waals surface area contributed by atoms with Crippen LogP contribution in [0.1, 0.15) is 5.56 Å². The van der Waals surface area contributed by atoms with Crippen molar-refractivity contribution in [3.05, 3.63) is 29.6 Å². The molecule has 1 aromatic rings. The van der Waals surface area contributed by atoms with Crippen molar-refractivity contribution in [2.45, 2.75) is 6.92 Å². The second-order valence-corrected chi connectivity index (χ2v) is 2.98. The third-order valence-corrected chi connectivity index (χ3v) is 1.58. The first kappa shape index (κ1) is 9.14. The summed E-state index contributed by atoms with van der Waals surface area (Å²) in [5.41, 5.74) is 0.758. The highest BCUT2D eigenvalue weighted by Crippen LogP contribution is 2.14. The van der Waals surface area contributed by atoms with Crippen LogP contribution in [-0.4, -0.2) is 5.65 Å². The average molecular weight is 185 g/mol. The minimum Gasteiger partial charge on any atom is -0.323 e. The Bertz CT molecular complexity index is 314. The molecule has 2 nitrogen and oxygen atoms in total. The molecule has 0 spiro atoms. The molecule has 0 aliphatic heterocycles. The summed E-state index contributed by atoms with van der Waals surface area (Å²) < 4.78 is 12.9. The lowest BCUT2D eigenvalue weighted by Crippen LogP contribution is -2.00. The lowest BCUT2D eigenvalue weighted by molar-refractivity contribution is 0.269. The van der Waals surface area contributed by atoms with Gasteiger partial charge in [-0.15, -0.1) is 0 Å². The Balaban J connectivity index is 2.89. The van der Waals surface area contributed by atoms with Crippen molar-refractivity contribution in [3.8, 4) is 0 Å². The normalized spacial score (nSPS) is 9.58. The molecule has 4 heteroatoms. The summed E-state index contributed by atoms with van der Waals surface area (Å²) in [6, 6.07) is 4.56. The van der Waals surface area contributed by atoms with E-state index in [0.717, 1.165) is 0 Å². The van der Waals surface area contributed by atoms with Gasteiger partial charge in [-0.1, -0.05) is 6.07 Å². The molecule has 0 saturated heterocycles. The van der Waals surface area contributed by atoms with Crippen molar-refractivity contribution in [1.82, 2.24) is 0 Å². The Hall–Kier alpha value is -0.950. The molecule has 0 bridgehead atoms. The minimum atomic E-state index is -0.314. The third-order valence-electron chi connectivity index (χ3n) is 1.44. The van der Waals surface area contributed by atoms with Crippen LogP contribution in [0.3, 0.4) is 0 Å².